The molecule has 0 saturated heterocycles. The van der Waals surface area contributed by atoms with E-state index >= 15 is 0 Å². The number of carboxylic acids is 1. The van der Waals surface area contributed by atoms with Crippen LogP contribution in [0.4, 0.5) is 0 Å². The molecular weight excluding hydrogens is 364 g/mol. The lowest BCUT2D eigenvalue weighted by Gasteiger charge is -2.36. The van der Waals surface area contributed by atoms with Gasteiger partial charge in [-0.05, 0) is 36.8 Å². The first-order valence-electron chi connectivity index (χ1n) is 8.27. The monoisotopic (exact) mass is 384 g/mol. The van der Waals surface area contributed by atoms with Crippen LogP contribution in [0.25, 0.3) is 0 Å². The van der Waals surface area contributed by atoms with Gasteiger partial charge in [-0.2, -0.15) is 0 Å². The minimum Gasteiger partial charge on any atom is -0.493 e. The lowest BCUT2D eigenvalue weighted by Crippen LogP contribution is -2.27. The second-order valence-corrected chi connectivity index (χ2v) is 8.38. The van der Waals surface area contributed by atoms with Crippen molar-refractivity contribution in [3.63, 3.8) is 0 Å². The molecule has 1 aliphatic rings. The van der Waals surface area contributed by atoms with Crippen molar-refractivity contribution in [3.05, 3.63) is 64.7 Å². The first kappa shape index (κ1) is 18.8. The highest BCUT2D eigenvalue weighted by atomic mass is 32.2. The van der Waals surface area contributed by atoms with Crippen LogP contribution in [0.15, 0.2) is 42.5 Å². The van der Waals surface area contributed by atoms with Crippen LogP contribution in [0, 0.1) is 11.8 Å². The van der Waals surface area contributed by atoms with Gasteiger partial charge in [-0.25, -0.2) is 4.79 Å². The predicted octanol–water partition coefficient (Wildman–Crippen LogP) is 4.64. The third-order valence-electron chi connectivity index (χ3n) is 4.49. The highest BCUT2D eigenvalue weighted by Gasteiger charge is 2.37. The Balaban J connectivity index is 1.83. The number of ether oxygens (including phenoxy) is 1. The van der Waals surface area contributed by atoms with Crippen molar-refractivity contribution in [1.29, 1.82) is 0 Å². The largest absolute Gasteiger partial charge is 0.493 e. The number of hydrogen-bond donors (Lipinski definition) is 1. The summed E-state index contributed by atoms with van der Waals surface area (Å²) in [6.45, 7) is 0.718. The van der Waals surface area contributed by atoms with Crippen molar-refractivity contribution in [2.24, 2.45) is 0 Å². The third-order valence-corrected chi connectivity index (χ3v) is 7.65. The number of aromatic carboxylic acids is 1. The van der Waals surface area contributed by atoms with E-state index in [4.69, 9.17) is 9.84 Å². The maximum absolute atomic E-state index is 10.9. The van der Waals surface area contributed by atoms with Gasteiger partial charge >= 0.3 is 5.97 Å². The molecule has 0 bridgehead atoms. The fraction of sp³-hybridized carbons (Fsp3) is 0.286. The van der Waals surface area contributed by atoms with Gasteiger partial charge in [0, 0.05) is 29.5 Å². The molecule has 0 aromatic heterocycles. The van der Waals surface area contributed by atoms with Crippen LogP contribution < -0.4 is 4.74 Å². The normalized spacial score (nSPS) is 14.5. The van der Waals surface area contributed by atoms with Gasteiger partial charge in [-0.1, -0.05) is 30.0 Å². The average molecular weight is 385 g/mol. The van der Waals surface area contributed by atoms with Gasteiger partial charge in [0.2, 0.25) is 0 Å². The predicted molar refractivity (Wildman–Crippen MR) is 109 cm³/mol. The number of benzene rings is 2. The molecule has 0 fully saturated rings. The third kappa shape index (κ3) is 3.72. The minimum absolute atomic E-state index is 0.0453. The molecule has 0 aliphatic carbocycles. The highest BCUT2D eigenvalue weighted by molar-refractivity contribution is 8.16. The number of carboxylic acid groups (broad SMARTS) is 1. The standard InChI is InChI=1S/C21H20O3S2/c1-25-21(26-2)13-14-24-19-16(7-4-8-18(19)21)6-3-5-15-9-11-17(12-10-15)20(22)23/h4,7-12H,6,13-14H2,1-2H3,(H,22,23). The van der Waals surface area contributed by atoms with E-state index in [0.29, 0.717) is 6.42 Å². The molecule has 0 radical (unpaired) electrons. The molecule has 0 unspecified atom stereocenters. The quantitative estimate of drug-likeness (QED) is 0.615. The first-order valence-corrected chi connectivity index (χ1v) is 10.7. The van der Waals surface area contributed by atoms with E-state index in [0.717, 1.165) is 29.9 Å². The first-order chi connectivity index (χ1) is 12.6. The van der Waals surface area contributed by atoms with Gasteiger partial charge in [0.05, 0.1) is 16.2 Å². The molecular formula is C21H20O3S2. The van der Waals surface area contributed by atoms with Crippen molar-refractivity contribution in [3.8, 4) is 17.6 Å². The zero-order valence-electron chi connectivity index (χ0n) is 14.7. The molecule has 2 aromatic carbocycles. The zero-order valence-corrected chi connectivity index (χ0v) is 16.4. The Morgan fingerprint density at radius 1 is 1.19 bits per heavy atom. The van der Waals surface area contributed by atoms with Gasteiger partial charge in [0.15, 0.2) is 0 Å². The second-order valence-electron chi connectivity index (χ2n) is 5.91. The van der Waals surface area contributed by atoms with Gasteiger partial charge in [-0.15, -0.1) is 23.5 Å². The summed E-state index contributed by atoms with van der Waals surface area (Å²) in [4.78, 5) is 10.9. The SMILES string of the molecule is CSC1(SC)CCOc2c(CC#Cc3ccc(C(=O)O)cc3)cccc21. The maximum Gasteiger partial charge on any atom is 0.335 e. The van der Waals surface area contributed by atoms with Crippen LogP contribution in [0.5, 0.6) is 5.75 Å². The number of fused-ring (bicyclic) bond motifs is 1. The Hall–Kier alpha value is -2.03. The second kappa shape index (κ2) is 8.11. The molecule has 0 saturated carbocycles. The van der Waals surface area contributed by atoms with Crippen LogP contribution in [-0.2, 0) is 10.5 Å². The Bertz CT molecular complexity index is 859. The fourth-order valence-electron chi connectivity index (χ4n) is 3.06. The molecule has 1 N–H and O–H groups in total. The molecule has 3 rings (SSSR count). The Morgan fingerprint density at radius 3 is 2.58 bits per heavy atom. The fourth-order valence-corrected chi connectivity index (χ4v) is 5.06. The van der Waals surface area contributed by atoms with Crippen molar-refractivity contribution in [2.45, 2.75) is 16.9 Å². The number of hydrogen-bond acceptors (Lipinski definition) is 4. The van der Waals surface area contributed by atoms with E-state index in [1.54, 1.807) is 24.3 Å². The Kier molecular flexibility index (Phi) is 5.85. The van der Waals surface area contributed by atoms with Crippen LogP contribution >= 0.6 is 23.5 Å². The van der Waals surface area contributed by atoms with Gasteiger partial charge in [0.25, 0.3) is 0 Å². The summed E-state index contributed by atoms with van der Waals surface area (Å²) >= 11 is 3.74. The van der Waals surface area contributed by atoms with Crippen LogP contribution in [0.3, 0.4) is 0 Å². The summed E-state index contributed by atoms with van der Waals surface area (Å²) in [6.07, 6.45) is 5.90. The minimum atomic E-state index is -0.927. The van der Waals surface area contributed by atoms with Crippen LogP contribution in [0.2, 0.25) is 0 Å². The molecule has 0 atom stereocenters. The van der Waals surface area contributed by atoms with E-state index in [1.165, 1.54) is 5.56 Å². The summed E-state index contributed by atoms with van der Waals surface area (Å²) in [5.74, 6) is 6.34. The number of carbonyl (C=O) groups is 1. The summed E-state index contributed by atoms with van der Waals surface area (Å²) < 4.78 is 6.04. The van der Waals surface area contributed by atoms with E-state index < -0.39 is 5.97 Å². The van der Waals surface area contributed by atoms with Gasteiger partial charge in [0.1, 0.15) is 5.75 Å². The van der Waals surface area contributed by atoms with Crippen LogP contribution in [-0.4, -0.2) is 30.2 Å². The molecule has 1 heterocycles. The lowest BCUT2D eigenvalue weighted by atomic mass is 9.99. The van der Waals surface area contributed by atoms with Crippen LogP contribution in [0.1, 0.15) is 33.5 Å². The molecule has 0 spiro atoms. The number of thioether (sulfide) groups is 2. The summed E-state index contributed by atoms with van der Waals surface area (Å²) in [5.41, 5.74) is 3.42. The molecule has 3 nitrogen and oxygen atoms in total. The molecule has 1 aliphatic heterocycles. The average Bonchev–Trinajstić information content (AvgIpc) is 2.68. The van der Waals surface area contributed by atoms with Gasteiger partial charge in [-0.3, -0.25) is 0 Å². The molecule has 134 valence electrons. The maximum atomic E-state index is 10.9. The van der Waals surface area contributed by atoms with E-state index in [-0.39, 0.29) is 9.64 Å². The van der Waals surface area contributed by atoms with Crippen molar-refractivity contribution >= 4 is 29.5 Å². The number of para-hydroxylation sites is 1. The molecule has 2 aromatic rings. The van der Waals surface area contributed by atoms with E-state index in [2.05, 4.69) is 42.6 Å². The molecule has 5 heteroatoms. The summed E-state index contributed by atoms with van der Waals surface area (Å²) in [7, 11) is 0. The summed E-state index contributed by atoms with van der Waals surface area (Å²) in [6, 6.07) is 12.9. The van der Waals surface area contributed by atoms with Gasteiger partial charge < -0.3 is 9.84 Å². The molecule has 0 amide bonds. The lowest BCUT2D eigenvalue weighted by molar-refractivity contribution is 0.0697. The van der Waals surface area contributed by atoms with Crippen molar-refractivity contribution in [1.82, 2.24) is 0 Å². The Labute approximate surface area is 162 Å². The summed E-state index contributed by atoms with van der Waals surface area (Å²) in [5, 5.41) is 8.94. The molecule has 26 heavy (non-hydrogen) atoms. The Morgan fingerprint density at radius 2 is 1.92 bits per heavy atom. The number of rotatable bonds is 4. The van der Waals surface area contributed by atoms with E-state index in [9.17, 15) is 4.79 Å². The highest BCUT2D eigenvalue weighted by Crippen LogP contribution is 2.53. The smallest absolute Gasteiger partial charge is 0.335 e. The topological polar surface area (TPSA) is 46.5 Å². The zero-order chi connectivity index (χ0) is 18.6. The van der Waals surface area contributed by atoms with E-state index in [1.807, 2.05) is 23.5 Å². The van der Waals surface area contributed by atoms with Crippen molar-refractivity contribution in [2.75, 3.05) is 19.1 Å². The van der Waals surface area contributed by atoms with Crippen molar-refractivity contribution < 1.29 is 14.6 Å².